The van der Waals surface area contributed by atoms with Crippen LogP contribution in [-0.2, 0) is 0 Å². The van der Waals surface area contributed by atoms with E-state index in [0.29, 0.717) is 0 Å². The van der Waals surface area contributed by atoms with Crippen molar-refractivity contribution < 1.29 is 4.79 Å². The van der Waals surface area contributed by atoms with Crippen molar-refractivity contribution in [2.75, 3.05) is 0 Å². The molecule has 0 aromatic heterocycles. The lowest BCUT2D eigenvalue weighted by atomic mass is 10.0. The van der Waals surface area contributed by atoms with Crippen molar-refractivity contribution in [3.63, 3.8) is 0 Å². The predicted molar refractivity (Wildman–Crippen MR) is 108 cm³/mol. The van der Waals surface area contributed by atoms with E-state index in [1.807, 2.05) is 72.1 Å². The zero-order valence-corrected chi connectivity index (χ0v) is 17.0. The molecule has 0 aliphatic heterocycles. The van der Waals surface area contributed by atoms with Gasteiger partial charge in [0.15, 0.2) is 5.78 Å². The monoisotopic (exact) mass is 358 g/mol. The number of ketones is 1. The Balaban J connectivity index is 2.11. The molecule has 0 amide bonds. The Morgan fingerprint density at radius 3 is 1.17 bits per heavy atom. The number of hydrogen-bond acceptors (Lipinski definition) is 3. The predicted octanol–water partition coefficient (Wildman–Crippen LogP) is 6.70. The number of hydrogen-bond donors (Lipinski definition) is 0. The second-order valence-electron chi connectivity index (χ2n) is 7.81. The number of carbonyl (C=O) groups excluding carboxylic acids is 1. The highest BCUT2D eigenvalue weighted by Gasteiger charge is 2.15. The third-order valence-electron chi connectivity index (χ3n) is 3.08. The number of benzene rings is 2. The van der Waals surface area contributed by atoms with Gasteiger partial charge in [0.05, 0.1) is 0 Å². The largest absolute Gasteiger partial charge is 0.289 e. The molecule has 0 radical (unpaired) electrons. The summed E-state index contributed by atoms with van der Waals surface area (Å²) in [5.74, 6) is 0.0783. The lowest BCUT2D eigenvalue weighted by Crippen LogP contribution is -2.07. The Bertz CT molecular complexity index is 625. The lowest BCUT2D eigenvalue weighted by molar-refractivity contribution is 0.103. The molecule has 2 aromatic carbocycles. The minimum Gasteiger partial charge on any atom is -0.289 e. The van der Waals surface area contributed by atoms with Crippen LogP contribution in [0.2, 0.25) is 0 Å². The fourth-order valence-corrected chi connectivity index (χ4v) is 4.18. The molecule has 0 saturated carbocycles. The van der Waals surface area contributed by atoms with E-state index in [2.05, 4.69) is 41.5 Å². The van der Waals surface area contributed by atoms with Crippen LogP contribution in [0.3, 0.4) is 0 Å². The highest BCUT2D eigenvalue weighted by atomic mass is 32.2. The first kappa shape index (κ1) is 19.1. The summed E-state index contributed by atoms with van der Waals surface area (Å²) < 4.78 is 0.345. The third-order valence-corrected chi connectivity index (χ3v) is 5.32. The molecule has 128 valence electrons. The first-order valence-electron chi connectivity index (χ1n) is 8.16. The second-order valence-corrected chi connectivity index (χ2v) is 11.6. The van der Waals surface area contributed by atoms with Gasteiger partial charge in [-0.15, -0.1) is 23.5 Å². The van der Waals surface area contributed by atoms with Gasteiger partial charge in [0.25, 0.3) is 0 Å². The quantitative estimate of drug-likeness (QED) is 0.447. The summed E-state index contributed by atoms with van der Waals surface area (Å²) in [6, 6.07) is 15.8. The molecule has 0 bridgehead atoms. The molecule has 0 heterocycles. The maximum absolute atomic E-state index is 12.6. The van der Waals surface area contributed by atoms with Crippen molar-refractivity contribution in [2.45, 2.75) is 60.8 Å². The van der Waals surface area contributed by atoms with Crippen molar-refractivity contribution in [2.24, 2.45) is 0 Å². The zero-order chi connectivity index (χ0) is 18.0. The number of carbonyl (C=O) groups is 1. The molecule has 2 rings (SSSR count). The van der Waals surface area contributed by atoms with Crippen LogP contribution in [0.4, 0.5) is 0 Å². The van der Waals surface area contributed by atoms with Crippen molar-refractivity contribution >= 4 is 29.3 Å². The van der Waals surface area contributed by atoms with Crippen molar-refractivity contribution in [3.8, 4) is 0 Å². The first-order chi connectivity index (χ1) is 11.0. The van der Waals surface area contributed by atoms with Gasteiger partial charge in [-0.25, -0.2) is 0 Å². The average molecular weight is 359 g/mol. The van der Waals surface area contributed by atoms with Crippen LogP contribution in [0.15, 0.2) is 58.3 Å². The SMILES string of the molecule is CC(C)(C)Sc1ccc(C(=O)c2ccc(SC(C)(C)C)cc2)cc1. The van der Waals surface area contributed by atoms with Crippen LogP contribution in [-0.4, -0.2) is 15.3 Å². The van der Waals surface area contributed by atoms with E-state index < -0.39 is 0 Å². The molecule has 0 N–H and O–H groups in total. The summed E-state index contributed by atoms with van der Waals surface area (Å²) in [5.41, 5.74) is 1.48. The summed E-state index contributed by atoms with van der Waals surface area (Å²) in [4.78, 5) is 15.0. The molecule has 2 aromatic rings. The average Bonchev–Trinajstić information content (AvgIpc) is 2.45. The smallest absolute Gasteiger partial charge is 0.193 e. The Morgan fingerprint density at radius 1 is 0.625 bits per heavy atom. The molecule has 0 fully saturated rings. The van der Waals surface area contributed by atoms with Gasteiger partial charge in [-0.3, -0.25) is 4.79 Å². The van der Waals surface area contributed by atoms with Crippen LogP contribution in [0.5, 0.6) is 0 Å². The van der Waals surface area contributed by atoms with Gasteiger partial charge in [0.2, 0.25) is 0 Å². The molecule has 0 saturated heterocycles. The molecule has 3 heteroatoms. The van der Waals surface area contributed by atoms with Crippen molar-refractivity contribution in [1.82, 2.24) is 0 Å². The molecular formula is C21H26OS2. The second kappa shape index (κ2) is 7.37. The Labute approximate surface area is 154 Å². The van der Waals surface area contributed by atoms with Crippen LogP contribution < -0.4 is 0 Å². The summed E-state index contributed by atoms with van der Waals surface area (Å²) in [6.07, 6.45) is 0. The van der Waals surface area contributed by atoms with Gasteiger partial charge < -0.3 is 0 Å². The standard InChI is InChI=1S/C21H26OS2/c1-20(2,3)23-17-11-7-15(8-12-17)19(22)16-9-13-18(14-10-16)24-21(4,5)6/h7-14H,1-6H3. The van der Waals surface area contributed by atoms with Crippen LogP contribution in [0, 0.1) is 0 Å². The van der Waals surface area contributed by atoms with Gasteiger partial charge in [-0.2, -0.15) is 0 Å². The minimum absolute atomic E-state index is 0.0783. The maximum atomic E-state index is 12.6. The van der Waals surface area contributed by atoms with Gasteiger partial charge in [0, 0.05) is 30.4 Å². The fraction of sp³-hybridized carbons (Fsp3) is 0.381. The van der Waals surface area contributed by atoms with E-state index in [4.69, 9.17) is 0 Å². The summed E-state index contributed by atoms with van der Waals surface area (Å²) in [7, 11) is 0. The highest BCUT2D eigenvalue weighted by Crippen LogP contribution is 2.33. The zero-order valence-electron chi connectivity index (χ0n) is 15.3. The molecular weight excluding hydrogens is 332 g/mol. The summed E-state index contributed by atoms with van der Waals surface area (Å²) in [5, 5.41) is 0. The lowest BCUT2D eigenvalue weighted by Gasteiger charge is -2.18. The van der Waals surface area contributed by atoms with E-state index in [-0.39, 0.29) is 15.3 Å². The Kier molecular flexibility index (Phi) is 5.87. The summed E-state index contributed by atoms with van der Waals surface area (Å²) in [6.45, 7) is 13.1. The molecule has 0 unspecified atom stereocenters. The van der Waals surface area contributed by atoms with Gasteiger partial charge in [0.1, 0.15) is 0 Å². The molecule has 0 aliphatic rings. The minimum atomic E-state index is 0.0783. The highest BCUT2D eigenvalue weighted by molar-refractivity contribution is 8.00. The maximum Gasteiger partial charge on any atom is 0.193 e. The number of rotatable bonds is 4. The van der Waals surface area contributed by atoms with Crippen molar-refractivity contribution in [1.29, 1.82) is 0 Å². The molecule has 0 aliphatic carbocycles. The molecule has 1 nitrogen and oxygen atoms in total. The van der Waals surface area contributed by atoms with Crippen molar-refractivity contribution in [3.05, 3.63) is 59.7 Å². The Hall–Kier alpha value is -1.19. The van der Waals surface area contributed by atoms with Crippen LogP contribution in [0.25, 0.3) is 0 Å². The van der Waals surface area contributed by atoms with E-state index >= 15 is 0 Å². The molecule has 0 atom stereocenters. The third kappa shape index (κ3) is 6.03. The molecule has 0 spiro atoms. The van der Waals surface area contributed by atoms with E-state index in [1.165, 1.54) is 9.79 Å². The molecule has 24 heavy (non-hydrogen) atoms. The van der Waals surface area contributed by atoms with Gasteiger partial charge >= 0.3 is 0 Å². The topological polar surface area (TPSA) is 17.1 Å². The van der Waals surface area contributed by atoms with E-state index in [0.717, 1.165) is 11.1 Å². The van der Waals surface area contributed by atoms with Crippen LogP contribution in [0.1, 0.15) is 57.5 Å². The van der Waals surface area contributed by atoms with E-state index in [9.17, 15) is 4.79 Å². The van der Waals surface area contributed by atoms with Crippen LogP contribution >= 0.6 is 23.5 Å². The fourth-order valence-electron chi connectivity index (χ4n) is 2.22. The van der Waals surface area contributed by atoms with Gasteiger partial charge in [-0.1, -0.05) is 41.5 Å². The Morgan fingerprint density at radius 2 is 0.917 bits per heavy atom. The van der Waals surface area contributed by atoms with Gasteiger partial charge in [-0.05, 0) is 48.5 Å². The normalized spacial score (nSPS) is 12.2. The first-order valence-corrected chi connectivity index (χ1v) is 9.80. The number of thioether (sulfide) groups is 2. The van der Waals surface area contributed by atoms with E-state index in [1.54, 1.807) is 0 Å². The summed E-state index contributed by atoms with van der Waals surface area (Å²) >= 11 is 3.62.